The van der Waals surface area contributed by atoms with E-state index in [1.165, 1.54) is 77.0 Å². The summed E-state index contributed by atoms with van der Waals surface area (Å²) in [6.07, 6.45) is 83.4. The van der Waals surface area contributed by atoms with Gasteiger partial charge in [-0.3, -0.25) is 37.3 Å². The Morgan fingerprint density at radius 3 is 0.798 bits per heavy atom. The highest BCUT2D eigenvalue weighted by Crippen LogP contribution is 2.45. The molecule has 0 rings (SSSR count). The predicted octanol–water partition coefficient (Wildman–Crippen LogP) is 24.1. The fourth-order valence-corrected chi connectivity index (χ4v) is 12.5. The number of phosphoric acid groups is 2. The summed E-state index contributed by atoms with van der Waals surface area (Å²) in [5.41, 5.74) is 0. The Hall–Kier alpha value is -4.28. The molecule has 0 aromatic carbocycles. The summed E-state index contributed by atoms with van der Waals surface area (Å²) in [4.78, 5) is 73.1. The van der Waals surface area contributed by atoms with Crippen molar-refractivity contribution in [1.82, 2.24) is 0 Å². The van der Waals surface area contributed by atoms with Crippen molar-refractivity contribution >= 4 is 39.5 Å². The summed E-state index contributed by atoms with van der Waals surface area (Å²) < 4.78 is 68.7. The molecule has 0 amide bonds. The van der Waals surface area contributed by atoms with E-state index in [9.17, 15) is 43.2 Å². The average Bonchev–Trinajstić information content (AvgIpc) is 0.999. The molecule has 3 N–H and O–H groups in total. The van der Waals surface area contributed by atoms with Gasteiger partial charge in [0.15, 0.2) is 12.2 Å². The Kier molecular flexibility index (Phi) is 73.7. The normalized spacial score (nSPS) is 14.4. The molecule has 0 aliphatic heterocycles. The van der Waals surface area contributed by atoms with E-state index in [4.69, 9.17) is 37.0 Å². The molecular weight excluding hydrogens is 1350 g/mol. The molecule has 600 valence electrons. The van der Waals surface area contributed by atoms with Gasteiger partial charge in [0.1, 0.15) is 19.3 Å². The van der Waals surface area contributed by atoms with Crippen LogP contribution in [-0.2, 0) is 65.4 Å². The van der Waals surface area contributed by atoms with Crippen LogP contribution in [0.2, 0.25) is 0 Å². The highest BCUT2D eigenvalue weighted by Gasteiger charge is 2.30. The van der Waals surface area contributed by atoms with Crippen LogP contribution in [-0.4, -0.2) is 96.7 Å². The first-order valence-electron chi connectivity index (χ1n) is 41.1. The Bertz CT molecular complexity index is 2390. The second-order valence-corrected chi connectivity index (χ2v) is 30.2. The van der Waals surface area contributed by atoms with Crippen LogP contribution in [0.4, 0.5) is 0 Å². The highest BCUT2D eigenvalue weighted by atomic mass is 31.2. The van der Waals surface area contributed by atoms with Crippen LogP contribution in [0.25, 0.3) is 0 Å². The second kappa shape index (κ2) is 76.9. The Labute approximate surface area is 632 Å². The SMILES string of the molecule is CC/C=C\C/C=C\C/C=C\CCCCCCCC(=O)OC(COC(=O)CCCCCCCC/C=C\C/C=C\C/C=C\CCCCC)COP(=O)(O)OCC(O)COP(=O)(O)OCC(COC(=O)CCCCCCC/C=C\C/C=C\CCCCC)OC(=O)CCCCCCC/C=C\CCCCCCCC. The number of esters is 4. The van der Waals surface area contributed by atoms with Crippen molar-refractivity contribution in [2.24, 2.45) is 0 Å². The van der Waals surface area contributed by atoms with Crippen LogP contribution >= 0.6 is 15.6 Å². The van der Waals surface area contributed by atoms with Crippen LogP contribution in [0, 0.1) is 0 Å². The third kappa shape index (κ3) is 75.9. The summed E-state index contributed by atoms with van der Waals surface area (Å²) in [7, 11) is -9.97. The Balaban J connectivity index is 5.39. The smallest absolute Gasteiger partial charge is 0.462 e. The molecule has 0 aliphatic carbocycles. The van der Waals surface area contributed by atoms with E-state index in [0.717, 1.165) is 193 Å². The van der Waals surface area contributed by atoms with Crippen molar-refractivity contribution in [3.8, 4) is 0 Å². The number of allylic oxidation sites excluding steroid dienone is 18. The number of carbonyl (C=O) groups is 4. The van der Waals surface area contributed by atoms with E-state index < -0.39 is 97.5 Å². The van der Waals surface area contributed by atoms with Gasteiger partial charge in [-0.2, -0.15) is 0 Å². The molecule has 0 radical (unpaired) electrons. The number of rotatable bonds is 77. The molecule has 0 saturated carbocycles. The summed E-state index contributed by atoms with van der Waals surface area (Å²) in [6.45, 7) is 4.69. The van der Waals surface area contributed by atoms with Crippen molar-refractivity contribution in [1.29, 1.82) is 0 Å². The van der Waals surface area contributed by atoms with E-state index in [2.05, 4.69) is 137 Å². The van der Waals surface area contributed by atoms with Gasteiger partial charge >= 0.3 is 39.5 Å². The second-order valence-electron chi connectivity index (χ2n) is 27.3. The van der Waals surface area contributed by atoms with Gasteiger partial charge < -0.3 is 33.8 Å². The van der Waals surface area contributed by atoms with Crippen molar-refractivity contribution in [2.45, 2.75) is 367 Å². The lowest BCUT2D eigenvalue weighted by molar-refractivity contribution is -0.161. The quantitative estimate of drug-likeness (QED) is 0.0169. The van der Waals surface area contributed by atoms with E-state index in [1.54, 1.807) is 0 Å². The van der Waals surface area contributed by atoms with E-state index in [0.29, 0.717) is 25.7 Å². The first-order chi connectivity index (χ1) is 50.7. The van der Waals surface area contributed by atoms with Crippen molar-refractivity contribution < 1.29 is 80.2 Å². The number of hydrogen-bond donors (Lipinski definition) is 3. The zero-order valence-corrected chi connectivity index (χ0v) is 67.5. The molecule has 5 unspecified atom stereocenters. The largest absolute Gasteiger partial charge is 0.472 e. The molecule has 19 heteroatoms. The lowest BCUT2D eigenvalue weighted by atomic mass is 10.1. The van der Waals surface area contributed by atoms with E-state index in [-0.39, 0.29) is 25.7 Å². The van der Waals surface area contributed by atoms with Gasteiger partial charge in [0, 0.05) is 25.7 Å². The number of hydrogen-bond acceptors (Lipinski definition) is 15. The topological polar surface area (TPSA) is 237 Å². The van der Waals surface area contributed by atoms with E-state index in [1.807, 2.05) is 0 Å². The minimum Gasteiger partial charge on any atom is -0.462 e. The van der Waals surface area contributed by atoms with Crippen LogP contribution in [0.15, 0.2) is 109 Å². The fourth-order valence-electron chi connectivity index (χ4n) is 10.9. The molecule has 104 heavy (non-hydrogen) atoms. The lowest BCUT2D eigenvalue weighted by Gasteiger charge is -2.21. The summed E-state index contributed by atoms with van der Waals surface area (Å²) in [6, 6.07) is 0. The molecule has 0 aromatic heterocycles. The van der Waals surface area contributed by atoms with Crippen LogP contribution in [0.3, 0.4) is 0 Å². The zero-order chi connectivity index (χ0) is 76.0. The Morgan fingerprint density at radius 2 is 0.500 bits per heavy atom. The number of carbonyl (C=O) groups excluding carboxylic acids is 4. The van der Waals surface area contributed by atoms with Gasteiger partial charge in [-0.25, -0.2) is 9.13 Å². The summed E-state index contributed by atoms with van der Waals surface area (Å²) in [5.74, 6) is -2.22. The molecule has 0 aromatic rings. The van der Waals surface area contributed by atoms with Gasteiger partial charge in [0.05, 0.1) is 26.4 Å². The van der Waals surface area contributed by atoms with Gasteiger partial charge in [-0.1, -0.05) is 278 Å². The summed E-state index contributed by atoms with van der Waals surface area (Å²) in [5, 5.41) is 10.7. The van der Waals surface area contributed by atoms with Crippen molar-refractivity contribution in [3.05, 3.63) is 109 Å². The molecule has 17 nitrogen and oxygen atoms in total. The highest BCUT2D eigenvalue weighted by molar-refractivity contribution is 7.47. The van der Waals surface area contributed by atoms with Gasteiger partial charge in [0.2, 0.25) is 0 Å². The molecular formula is C85H148O17P2. The van der Waals surface area contributed by atoms with Gasteiger partial charge in [-0.05, 0) is 154 Å². The summed E-state index contributed by atoms with van der Waals surface area (Å²) >= 11 is 0. The van der Waals surface area contributed by atoms with Crippen LogP contribution in [0.5, 0.6) is 0 Å². The van der Waals surface area contributed by atoms with Gasteiger partial charge in [0.25, 0.3) is 0 Å². The maximum absolute atomic E-state index is 13.1. The number of phosphoric ester groups is 2. The number of aliphatic hydroxyl groups is 1. The molecule has 0 bridgehead atoms. The molecule has 5 atom stereocenters. The van der Waals surface area contributed by atoms with E-state index >= 15 is 0 Å². The third-order valence-corrected chi connectivity index (χ3v) is 19.1. The number of aliphatic hydroxyl groups excluding tert-OH is 1. The maximum Gasteiger partial charge on any atom is 0.472 e. The Morgan fingerprint density at radius 1 is 0.279 bits per heavy atom. The first-order valence-corrected chi connectivity index (χ1v) is 44.1. The van der Waals surface area contributed by atoms with Crippen LogP contribution in [0.1, 0.15) is 349 Å². The standard InChI is InChI=1S/C85H148O17P2/c1-5-9-13-17-21-25-29-33-37-38-39-40-44-46-50-54-58-62-66-70-83(88)96-76-81(102-85(90)72-68-64-60-56-52-48-43-36-32-28-24-20-16-12-8-4)78-100-104(93,94)98-74-79(86)73-97-103(91,92)99-77-80(101-84(89)71-67-63-59-55-51-47-42-35-31-27-23-19-15-11-7-3)75-95-82(87)69-65-61-57-53-49-45-41-34-30-26-22-18-14-10-6-2/h12,16,21-22,24-26,28,33-37,39-43,79-81,86H,5-11,13-15,17-20,23,27,29-32,38,44-78H2,1-4H3,(H,91,92)(H,93,94)/b16-12-,25-21-,26-22-,28-24-,37-33-,40-39-,41-34-,42-35-,43-36-. The van der Waals surface area contributed by atoms with Crippen molar-refractivity contribution in [2.75, 3.05) is 39.6 Å². The van der Waals surface area contributed by atoms with Crippen molar-refractivity contribution in [3.63, 3.8) is 0 Å². The molecule has 0 heterocycles. The maximum atomic E-state index is 13.1. The molecule has 0 spiro atoms. The van der Waals surface area contributed by atoms with Crippen LogP contribution < -0.4 is 0 Å². The molecule has 0 aliphatic rings. The molecule has 0 fully saturated rings. The lowest BCUT2D eigenvalue weighted by Crippen LogP contribution is -2.30. The monoisotopic (exact) mass is 1500 g/mol. The minimum atomic E-state index is -4.99. The third-order valence-electron chi connectivity index (χ3n) is 17.2. The average molecular weight is 1500 g/mol. The minimum absolute atomic E-state index is 0.0711. The number of ether oxygens (including phenoxy) is 4. The van der Waals surface area contributed by atoms with Gasteiger partial charge in [-0.15, -0.1) is 0 Å². The zero-order valence-electron chi connectivity index (χ0n) is 65.7. The molecule has 0 saturated heterocycles. The predicted molar refractivity (Wildman–Crippen MR) is 427 cm³/mol. The fraction of sp³-hybridized carbons (Fsp3) is 0.741. The number of unbranched alkanes of at least 4 members (excludes halogenated alkanes) is 33. The first kappa shape index (κ1) is 99.7.